The van der Waals surface area contributed by atoms with E-state index in [1.54, 1.807) is 13.8 Å². The number of nitrogens with zero attached hydrogens (tertiary/aromatic N) is 2. The topological polar surface area (TPSA) is 95.7 Å². The molecule has 2 amide bonds. The Balaban J connectivity index is 2.62. The van der Waals surface area contributed by atoms with Crippen molar-refractivity contribution in [3.63, 3.8) is 0 Å². The zero-order chi connectivity index (χ0) is 15.3. The zero-order valence-electron chi connectivity index (χ0n) is 12.3. The molecule has 0 radical (unpaired) electrons. The summed E-state index contributed by atoms with van der Waals surface area (Å²) in [6.07, 6.45) is -0.0768. The van der Waals surface area contributed by atoms with Crippen LogP contribution in [0.15, 0.2) is 4.52 Å². The average Bonchev–Trinajstić information content (AvgIpc) is 2.66. The molecular formula is C13H21N3O4. The van der Waals surface area contributed by atoms with E-state index in [1.165, 1.54) is 4.90 Å². The van der Waals surface area contributed by atoms with E-state index in [2.05, 4.69) is 10.5 Å². The minimum atomic E-state index is -0.922. The lowest BCUT2D eigenvalue weighted by molar-refractivity contribution is -0.138. The van der Waals surface area contributed by atoms with Crippen molar-refractivity contribution in [3.05, 3.63) is 17.0 Å². The molecular weight excluding hydrogens is 262 g/mol. The SMILES string of the molecule is CCN(C(=O)NCc1c(C)noc1C)C(C)CC(=O)O. The van der Waals surface area contributed by atoms with E-state index in [-0.39, 0.29) is 18.5 Å². The molecule has 0 aliphatic carbocycles. The van der Waals surface area contributed by atoms with Crippen LogP contribution < -0.4 is 5.32 Å². The van der Waals surface area contributed by atoms with Crippen molar-refractivity contribution in [2.24, 2.45) is 0 Å². The first kappa shape index (κ1) is 16.0. The molecule has 0 saturated heterocycles. The maximum Gasteiger partial charge on any atom is 0.317 e. The highest BCUT2D eigenvalue weighted by Crippen LogP contribution is 2.12. The van der Waals surface area contributed by atoms with Gasteiger partial charge in [0.25, 0.3) is 0 Å². The molecule has 0 aromatic carbocycles. The molecule has 0 aliphatic heterocycles. The van der Waals surface area contributed by atoms with E-state index in [4.69, 9.17) is 9.63 Å². The van der Waals surface area contributed by atoms with Crippen LogP contribution >= 0.6 is 0 Å². The summed E-state index contributed by atoms with van der Waals surface area (Å²) in [4.78, 5) is 24.3. The summed E-state index contributed by atoms with van der Waals surface area (Å²) in [5.41, 5.74) is 1.59. The smallest absolute Gasteiger partial charge is 0.317 e. The molecule has 112 valence electrons. The van der Waals surface area contributed by atoms with Gasteiger partial charge in [0.2, 0.25) is 0 Å². The zero-order valence-corrected chi connectivity index (χ0v) is 12.3. The molecule has 7 nitrogen and oxygen atoms in total. The second-order valence-corrected chi connectivity index (χ2v) is 4.69. The standard InChI is InChI=1S/C13H21N3O4/c1-5-16(8(2)6-12(17)18)13(19)14-7-11-9(3)15-20-10(11)4/h8H,5-7H2,1-4H3,(H,14,19)(H,17,18). The summed E-state index contributed by atoms with van der Waals surface area (Å²) < 4.78 is 5.02. The quantitative estimate of drug-likeness (QED) is 0.828. The average molecular weight is 283 g/mol. The summed E-state index contributed by atoms with van der Waals surface area (Å²) in [6.45, 7) is 7.88. The third-order valence-electron chi connectivity index (χ3n) is 3.20. The largest absolute Gasteiger partial charge is 0.481 e. The third-order valence-corrected chi connectivity index (χ3v) is 3.20. The summed E-state index contributed by atoms with van der Waals surface area (Å²) in [7, 11) is 0. The number of hydrogen-bond acceptors (Lipinski definition) is 4. The first-order chi connectivity index (χ1) is 9.36. The Morgan fingerprint density at radius 3 is 2.55 bits per heavy atom. The highest BCUT2D eigenvalue weighted by atomic mass is 16.5. The second-order valence-electron chi connectivity index (χ2n) is 4.69. The maximum atomic E-state index is 12.1. The Morgan fingerprint density at radius 1 is 1.45 bits per heavy atom. The first-order valence-corrected chi connectivity index (χ1v) is 6.54. The van der Waals surface area contributed by atoms with Gasteiger partial charge in [0.15, 0.2) is 0 Å². The van der Waals surface area contributed by atoms with Gasteiger partial charge in [-0.2, -0.15) is 0 Å². The van der Waals surface area contributed by atoms with Crippen LogP contribution in [0.5, 0.6) is 0 Å². The number of carboxylic acids is 1. The minimum Gasteiger partial charge on any atom is -0.481 e. The Bertz CT molecular complexity index is 464. The fraction of sp³-hybridized carbons (Fsp3) is 0.615. The number of urea groups is 1. The highest BCUT2D eigenvalue weighted by Gasteiger charge is 2.21. The van der Waals surface area contributed by atoms with E-state index in [1.807, 2.05) is 13.8 Å². The molecule has 1 rings (SSSR count). The van der Waals surface area contributed by atoms with Gasteiger partial charge in [-0.3, -0.25) is 4.79 Å². The number of amides is 2. The van der Waals surface area contributed by atoms with Gasteiger partial charge >= 0.3 is 12.0 Å². The third kappa shape index (κ3) is 3.97. The number of carbonyl (C=O) groups excluding carboxylic acids is 1. The van der Waals surface area contributed by atoms with Gasteiger partial charge in [0.05, 0.1) is 12.1 Å². The van der Waals surface area contributed by atoms with Crippen molar-refractivity contribution in [3.8, 4) is 0 Å². The maximum absolute atomic E-state index is 12.1. The molecule has 0 bridgehead atoms. The van der Waals surface area contributed by atoms with Crippen LogP contribution in [0.4, 0.5) is 4.79 Å². The molecule has 0 spiro atoms. The van der Waals surface area contributed by atoms with Gasteiger partial charge in [-0.05, 0) is 27.7 Å². The van der Waals surface area contributed by atoms with Crippen LogP contribution in [0.25, 0.3) is 0 Å². The lowest BCUT2D eigenvalue weighted by Crippen LogP contribution is -2.45. The van der Waals surface area contributed by atoms with Gasteiger partial charge in [-0.25, -0.2) is 4.79 Å². The predicted octanol–water partition coefficient (Wildman–Crippen LogP) is 1.69. The first-order valence-electron chi connectivity index (χ1n) is 6.54. The molecule has 1 atom stereocenters. The van der Waals surface area contributed by atoms with Gasteiger partial charge in [0.1, 0.15) is 5.76 Å². The fourth-order valence-electron chi connectivity index (χ4n) is 2.04. The molecule has 0 saturated carbocycles. The van der Waals surface area contributed by atoms with Gasteiger partial charge < -0.3 is 19.8 Å². The van der Waals surface area contributed by atoms with Gasteiger partial charge in [0, 0.05) is 24.7 Å². The monoisotopic (exact) mass is 283 g/mol. The Hall–Kier alpha value is -2.05. The number of aromatic nitrogens is 1. The van der Waals surface area contributed by atoms with Crippen molar-refractivity contribution in [2.45, 2.75) is 46.7 Å². The number of carboxylic acid groups (broad SMARTS) is 1. The Labute approximate surface area is 117 Å². The van der Waals surface area contributed by atoms with Crippen molar-refractivity contribution >= 4 is 12.0 Å². The van der Waals surface area contributed by atoms with Crippen molar-refractivity contribution < 1.29 is 19.2 Å². The molecule has 0 fully saturated rings. The van der Waals surface area contributed by atoms with Crippen LogP contribution in [0.3, 0.4) is 0 Å². The summed E-state index contributed by atoms with van der Waals surface area (Å²) in [5, 5.41) is 15.4. The molecule has 7 heteroatoms. The van der Waals surface area contributed by atoms with Crippen LogP contribution in [-0.4, -0.2) is 39.8 Å². The highest BCUT2D eigenvalue weighted by molar-refractivity contribution is 5.76. The Morgan fingerprint density at radius 2 is 2.10 bits per heavy atom. The Kier molecular flexibility index (Phi) is 5.54. The summed E-state index contributed by atoms with van der Waals surface area (Å²) in [6, 6.07) is -0.650. The fourth-order valence-corrected chi connectivity index (χ4v) is 2.04. The van der Waals surface area contributed by atoms with E-state index in [9.17, 15) is 9.59 Å². The van der Waals surface area contributed by atoms with Crippen molar-refractivity contribution in [2.75, 3.05) is 6.54 Å². The number of aryl methyl sites for hydroxylation is 2. The molecule has 1 heterocycles. The van der Waals surface area contributed by atoms with Crippen LogP contribution in [0.1, 0.15) is 37.3 Å². The van der Waals surface area contributed by atoms with Crippen molar-refractivity contribution in [1.82, 2.24) is 15.4 Å². The molecule has 2 N–H and O–H groups in total. The lowest BCUT2D eigenvalue weighted by Gasteiger charge is -2.27. The number of carbonyl (C=O) groups is 2. The lowest BCUT2D eigenvalue weighted by atomic mass is 10.2. The minimum absolute atomic E-state index is 0.0768. The van der Waals surface area contributed by atoms with E-state index in [0.29, 0.717) is 18.8 Å². The molecule has 1 aromatic rings. The second kappa shape index (κ2) is 6.93. The molecule has 20 heavy (non-hydrogen) atoms. The van der Waals surface area contributed by atoms with E-state index in [0.717, 1.165) is 11.3 Å². The summed E-state index contributed by atoms with van der Waals surface area (Å²) >= 11 is 0. The van der Waals surface area contributed by atoms with Crippen LogP contribution in [0, 0.1) is 13.8 Å². The van der Waals surface area contributed by atoms with Gasteiger partial charge in [-0.1, -0.05) is 5.16 Å². The predicted molar refractivity (Wildman–Crippen MR) is 72.3 cm³/mol. The normalized spacial score (nSPS) is 12.0. The van der Waals surface area contributed by atoms with E-state index < -0.39 is 5.97 Å². The molecule has 1 aromatic heterocycles. The number of aliphatic carboxylic acids is 1. The summed E-state index contributed by atoms with van der Waals surface area (Å²) in [5.74, 6) is -0.251. The number of nitrogens with one attached hydrogen (secondary N) is 1. The molecule has 1 unspecified atom stereocenters. The van der Waals surface area contributed by atoms with E-state index >= 15 is 0 Å². The van der Waals surface area contributed by atoms with Crippen LogP contribution in [0.2, 0.25) is 0 Å². The van der Waals surface area contributed by atoms with Crippen LogP contribution in [-0.2, 0) is 11.3 Å². The molecule has 0 aliphatic rings. The number of hydrogen-bond donors (Lipinski definition) is 2. The number of rotatable bonds is 6. The van der Waals surface area contributed by atoms with Gasteiger partial charge in [-0.15, -0.1) is 0 Å². The van der Waals surface area contributed by atoms with Crippen molar-refractivity contribution in [1.29, 1.82) is 0 Å².